The Morgan fingerprint density at radius 1 is 1.11 bits per heavy atom. The van der Waals surface area contributed by atoms with Gasteiger partial charge in [-0.05, 0) is 55.5 Å². The fourth-order valence-corrected chi connectivity index (χ4v) is 4.31. The van der Waals surface area contributed by atoms with Crippen LogP contribution >= 0.6 is 0 Å². The smallest absolute Gasteiger partial charge is 0.230 e. The SMILES string of the molecule is Cc1cccc(CC(=O)Nc2ccc3c(c2)CCN3C(=O)C2CCCC2)c1. The Morgan fingerprint density at radius 3 is 2.70 bits per heavy atom. The molecule has 0 bridgehead atoms. The molecule has 2 aromatic rings. The first-order valence-corrected chi connectivity index (χ1v) is 9.90. The summed E-state index contributed by atoms with van der Waals surface area (Å²) < 4.78 is 0. The third-order valence-corrected chi connectivity index (χ3v) is 5.68. The number of nitrogens with one attached hydrogen (secondary N) is 1. The molecule has 2 amide bonds. The fraction of sp³-hybridized carbons (Fsp3) is 0.391. The molecule has 0 radical (unpaired) electrons. The second-order valence-electron chi connectivity index (χ2n) is 7.78. The number of carbonyl (C=O) groups is 2. The van der Waals surface area contributed by atoms with Crippen molar-refractivity contribution in [2.24, 2.45) is 5.92 Å². The second kappa shape index (κ2) is 7.55. The molecule has 1 fully saturated rings. The number of hydrogen-bond donors (Lipinski definition) is 1. The Hall–Kier alpha value is -2.62. The molecule has 1 saturated carbocycles. The van der Waals surface area contributed by atoms with E-state index in [-0.39, 0.29) is 17.7 Å². The van der Waals surface area contributed by atoms with Crippen molar-refractivity contribution in [3.05, 3.63) is 59.2 Å². The van der Waals surface area contributed by atoms with Crippen LogP contribution in [-0.4, -0.2) is 18.4 Å². The minimum atomic E-state index is -0.0163. The Bertz CT molecular complexity index is 868. The summed E-state index contributed by atoms with van der Waals surface area (Å²) >= 11 is 0. The molecule has 4 heteroatoms. The molecular formula is C23H26N2O2. The van der Waals surface area contributed by atoms with Gasteiger partial charge >= 0.3 is 0 Å². The molecule has 0 aromatic heterocycles. The summed E-state index contributed by atoms with van der Waals surface area (Å²) in [7, 11) is 0. The van der Waals surface area contributed by atoms with Crippen molar-refractivity contribution in [3.8, 4) is 0 Å². The number of carbonyl (C=O) groups excluding carboxylic acids is 2. The van der Waals surface area contributed by atoms with Gasteiger partial charge in [-0.15, -0.1) is 0 Å². The normalized spacial score (nSPS) is 16.4. The number of fused-ring (bicyclic) bond motifs is 1. The number of nitrogens with zero attached hydrogens (tertiary/aromatic N) is 1. The largest absolute Gasteiger partial charge is 0.326 e. The first-order chi connectivity index (χ1) is 13.1. The van der Waals surface area contributed by atoms with Crippen LogP contribution in [0, 0.1) is 12.8 Å². The van der Waals surface area contributed by atoms with Gasteiger partial charge in [0.1, 0.15) is 0 Å². The van der Waals surface area contributed by atoms with Gasteiger partial charge in [0, 0.05) is 23.8 Å². The van der Waals surface area contributed by atoms with Gasteiger partial charge in [0.25, 0.3) is 0 Å². The van der Waals surface area contributed by atoms with Crippen LogP contribution in [0.4, 0.5) is 11.4 Å². The van der Waals surface area contributed by atoms with E-state index in [9.17, 15) is 9.59 Å². The Kier molecular flexibility index (Phi) is 4.97. The van der Waals surface area contributed by atoms with Crippen LogP contribution in [0.2, 0.25) is 0 Å². The van der Waals surface area contributed by atoms with Crippen molar-refractivity contribution in [2.75, 3.05) is 16.8 Å². The van der Waals surface area contributed by atoms with Gasteiger partial charge < -0.3 is 10.2 Å². The molecular weight excluding hydrogens is 336 g/mol. The lowest BCUT2D eigenvalue weighted by molar-refractivity contribution is -0.122. The molecule has 0 atom stereocenters. The Labute approximate surface area is 160 Å². The van der Waals surface area contributed by atoms with Crippen molar-refractivity contribution in [2.45, 2.75) is 45.4 Å². The van der Waals surface area contributed by atoms with Crippen LogP contribution in [0.5, 0.6) is 0 Å². The Balaban J connectivity index is 1.42. The second-order valence-corrected chi connectivity index (χ2v) is 7.78. The van der Waals surface area contributed by atoms with E-state index < -0.39 is 0 Å². The minimum Gasteiger partial charge on any atom is -0.326 e. The summed E-state index contributed by atoms with van der Waals surface area (Å²) in [6.45, 7) is 2.78. The van der Waals surface area contributed by atoms with Crippen LogP contribution in [0.15, 0.2) is 42.5 Å². The summed E-state index contributed by atoms with van der Waals surface area (Å²) in [4.78, 5) is 27.1. The average Bonchev–Trinajstić information content (AvgIpc) is 3.31. The highest BCUT2D eigenvalue weighted by Crippen LogP contribution is 2.34. The van der Waals surface area contributed by atoms with E-state index in [0.29, 0.717) is 6.42 Å². The molecule has 0 saturated heterocycles. The van der Waals surface area contributed by atoms with Crippen molar-refractivity contribution < 1.29 is 9.59 Å². The number of aryl methyl sites for hydroxylation is 1. The molecule has 2 aliphatic rings. The van der Waals surface area contributed by atoms with Crippen molar-refractivity contribution in [1.82, 2.24) is 0 Å². The highest BCUT2D eigenvalue weighted by atomic mass is 16.2. The molecule has 140 valence electrons. The summed E-state index contributed by atoms with van der Waals surface area (Å²) in [6, 6.07) is 13.9. The third kappa shape index (κ3) is 3.90. The summed E-state index contributed by atoms with van der Waals surface area (Å²) in [5.41, 5.74) is 5.15. The fourth-order valence-electron chi connectivity index (χ4n) is 4.31. The first-order valence-electron chi connectivity index (χ1n) is 9.90. The van der Waals surface area contributed by atoms with E-state index in [1.807, 2.05) is 54.3 Å². The maximum absolute atomic E-state index is 12.8. The van der Waals surface area contributed by atoms with Crippen LogP contribution < -0.4 is 10.2 Å². The third-order valence-electron chi connectivity index (χ3n) is 5.68. The maximum Gasteiger partial charge on any atom is 0.230 e. The topological polar surface area (TPSA) is 49.4 Å². The number of benzene rings is 2. The molecule has 1 aliphatic heterocycles. The highest BCUT2D eigenvalue weighted by molar-refractivity contribution is 5.98. The summed E-state index contributed by atoms with van der Waals surface area (Å²) in [5, 5.41) is 3.00. The zero-order chi connectivity index (χ0) is 18.8. The predicted octanol–water partition coefficient (Wildman–Crippen LogP) is 4.26. The van der Waals surface area contributed by atoms with E-state index in [2.05, 4.69) is 5.32 Å². The van der Waals surface area contributed by atoms with E-state index >= 15 is 0 Å². The molecule has 1 heterocycles. The van der Waals surface area contributed by atoms with Crippen LogP contribution in [0.25, 0.3) is 0 Å². The van der Waals surface area contributed by atoms with Crippen molar-refractivity contribution >= 4 is 23.2 Å². The lowest BCUT2D eigenvalue weighted by atomic mass is 10.1. The molecule has 27 heavy (non-hydrogen) atoms. The molecule has 2 aromatic carbocycles. The van der Waals surface area contributed by atoms with Gasteiger partial charge in [-0.25, -0.2) is 0 Å². The van der Waals surface area contributed by atoms with Gasteiger partial charge in [0.15, 0.2) is 0 Å². The number of hydrogen-bond acceptors (Lipinski definition) is 2. The van der Waals surface area contributed by atoms with E-state index in [4.69, 9.17) is 0 Å². The van der Waals surface area contributed by atoms with Gasteiger partial charge in [-0.1, -0.05) is 42.7 Å². The van der Waals surface area contributed by atoms with Crippen LogP contribution in [0.1, 0.15) is 42.4 Å². The zero-order valence-electron chi connectivity index (χ0n) is 15.8. The Morgan fingerprint density at radius 2 is 1.93 bits per heavy atom. The monoisotopic (exact) mass is 362 g/mol. The van der Waals surface area contributed by atoms with Crippen LogP contribution in [-0.2, 0) is 22.4 Å². The quantitative estimate of drug-likeness (QED) is 0.884. The van der Waals surface area contributed by atoms with Gasteiger partial charge in [0.05, 0.1) is 6.42 Å². The van der Waals surface area contributed by atoms with Crippen molar-refractivity contribution in [1.29, 1.82) is 0 Å². The summed E-state index contributed by atoms with van der Waals surface area (Å²) in [5.74, 6) is 0.463. The highest BCUT2D eigenvalue weighted by Gasteiger charge is 2.31. The van der Waals surface area contributed by atoms with E-state index in [0.717, 1.165) is 53.9 Å². The molecule has 1 aliphatic carbocycles. The molecule has 1 N–H and O–H groups in total. The first kappa shape index (κ1) is 17.8. The molecule has 0 spiro atoms. The molecule has 4 rings (SSSR count). The van der Waals surface area contributed by atoms with Crippen molar-refractivity contribution in [3.63, 3.8) is 0 Å². The molecule has 4 nitrogen and oxygen atoms in total. The lowest BCUT2D eigenvalue weighted by Crippen LogP contribution is -2.33. The number of anilines is 2. The number of rotatable bonds is 4. The van der Waals surface area contributed by atoms with Gasteiger partial charge in [0.2, 0.25) is 11.8 Å². The predicted molar refractivity (Wildman–Crippen MR) is 108 cm³/mol. The number of amides is 2. The lowest BCUT2D eigenvalue weighted by Gasteiger charge is -2.21. The van der Waals surface area contributed by atoms with Gasteiger partial charge in [-0.3, -0.25) is 9.59 Å². The zero-order valence-corrected chi connectivity index (χ0v) is 15.8. The minimum absolute atomic E-state index is 0.0163. The maximum atomic E-state index is 12.8. The summed E-state index contributed by atoms with van der Waals surface area (Å²) in [6.07, 6.45) is 5.61. The average molecular weight is 362 g/mol. The van der Waals surface area contributed by atoms with Crippen LogP contribution in [0.3, 0.4) is 0 Å². The van der Waals surface area contributed by atoms with Gasteiger partial charge in [-0.2, -0.15) is 0 Å². The standard InChI is InChI=1S/C23H26N2O2/c1-16-5-4-6-17(13-16)14-22(26)24-20-9-10-21-19(15-20)11-12-25(21)23(27)18-7-2-3-8-18/h4-6,9-10,13,15,18H,2-3,7-8,11-12,14H2,1H3,(H,24,26). The molecule has 0 unspecified atom stereocenters. The van der Waals surface area contributed by atoms with E-state index in [1.165, 1.54) is 12.8 Å². The van der Waals surface area contributed by atoms with E-state index in [1.54, 1.807) is 0 Å².